The van der Waals surface area contributed by atoms with Gasteiger partial charge in [-0.2, -0.15) is 5.10 Å². The van der Waals surface area contributed by atoms with Crippen LogP contribution in [0.3, 0.4) is 0 Å². The second-order valence-electron chi connectivity index (χ2n) is 8.62. The van der Waals surface area contributed by atoms with Gasteiger partial charge in [0.25, 0.3) is 15.9 Å². The third-order valence-corrected chi connectivity index (χ3v) is 8.59. The second kappa shape index (κ2) is 11.4. The Morgan fingerprint density at radius 2 is 1.61 bits per heavy atom. The minimum absolute atomic E-state index is 0.0580. The molecule has 1 amide bonds. The van der Waals surface area contributed by atoms with Crippen LogP contribution in [0.25, 0.3) is 5.69 Å². The van der Waals surface area contributed by atoms with E-state index < -0.39 is 22.5 Å². The molecule has 1 heterocycles. The zero-order valence-electron chi connectivity index (χ0n) is 21.0. The smallest absolute Gasteiger partial charge is 0.264 e. The number of benzene rings is 3. The summed E-state index contributed by atoms with van der Waals surface area (Å²) in [4.78, 5) is 13.0. The molecule has 0 atom stereocenters. The van der Waals surface area contributed by atoms with Crippen molar-refractivity contribution < 1.29 is 13.2 Å². The molecule has 0 aliphatic heterocycles. The minimum Gasteiger partial charge on any atom is -0.316 e. The second-order valence-corrected chi connectivity index (χ2v) is 11.3. The fourth-order valence-corrected chi connectivity index (χ4v) is 6.04. The molecule has 0 saturated heterocycles. The number of carbonyl (C=O) groups is 1. The number of rotatable bonds is 8. The zero-order chi connectivity index (χ0) is 27.4. The number of hydrogen-bond donors (Lipinski definition) is 1. The van der Waals surface area contributed by atoms with Crippen LogP contribution in [0.2, 0.25) is 10.0 Å². The summed E-state index contributed by atoms with van der Waals surface area (Å²) in [7, 11) is -4.06. The van der Waals surface area contributed by atoms with Crippen molar-refractivity contribution in [3.8, 4) is 5.69 Å². The largest absolute Gasteiger partial charge is 0.316 e. The summed E-state index contributed by atoms with van der Waals surface area (Å²) in [5, 5.41) is 5.10. The van der Waals surface area contributed by atoms with E-state index >= 15 is 0 Å². The number of nitrogens with one attached hydrogen (secondary N) is 1. The van der Waals surface area contributed by atoms with Crippen molar-refractivity contribution >= 4 is 51.0 Å². The number of sulfonamides is 1. The standard InChI is InChI=1S/C28H26Cl2N4O3S/c1-19-16-22(21(3)34(19)27-14-8-7-12-25(27)30)17-31-32-28(35)18-33(26-15-9-13-24(29)20(26)2)38(36,37)23-10-5-4-6-11-23/h4-17H,18H2,1-3H3,(H,32,35)/b31-17-. The number of amides is 1. The predicted octanol–water partition coefficient (Wildman–Crippen LogP) is 6.05. The van der Waals surface area contributed by atoms with Gasteiger partial charge in [-0.3, -0.25) is 9.10 Å². The average molecular weight is 570 g/mol. The highest BCUT2D eigenvalue weighted by atomic mass is 35.5. The van der Waals surface area contributed by atoms with Crippen LogP contribution in [0.4, 0.5) is 5.69 Å². The number of nitrogens with zero attached hydrogens (tertiary/aromatic N) is 3. The Morgan fingerprint density at radius 3 is 2.32 bits per heavy atom. The third-order valence-electron chi connectivity index (χ3n) is 6.08. The van der Waals surface area contributed by atoms with E-state index in [0.29, 0.717) is 21.3 Å². The van der Waals surface area contributed by atoms with E-state index in [9.17, 15) is 13.2 Å². The van der Waals surface area contributed by atoms with Gasteiger partial charge in [0.15, 0.2) is 0 Å². The van der Waals surface area contributed by atoms with E-state index in [2.05, 4.69) is 10.5 Å². The molecular weight excluding hydrogens is 543 g/mol. The first-order chi connectivity index (χ1) is 18.1. The monoisotopic (exact) mass is 568 g/mol. The first-order valence-electron chi connectivity index (χ1n) is 11.7. The Hall–Kier alpha value is -3.59. The molecule has 0 spiro atoms. The summed E-state index contributed by atoms with van der Waals surface area (Å²) in [5.41, 5.74) is 6.75. The topological polar surface area (TPSA) is 83.8 Å². The molecule has 0 fully saturated rings. The van der Waals surface area contributed by atoms with Crippen molar-refractivity contribution in [1.82, 2.24) is 9.99 Å². The molecule has 38 heavy (non-hydrogen) atoms. The number of anilines is 1. The molecule has 196 valence electrons. The number of halogens is 2. The highest BCUT2D eigenvalue weighted by Gasteiger charge is 2.28. The normalized spacial score (nSPS) is 11.6. The van der Waals surface area contributed by atoms with Crippen LogP contribution < -0.4 is 9.73 Å². The minimum atomic E-state index is -4.06. The molecular formula is C28H26Cl2N4O3S. The maximum atomic E-state index is 13.5. The molecule has 0 bridgehead atoms. The maximum Gasteiger partial charge on any atom is 0.264 e. The molecule has 0 saturated carbocycles. The van der Waals surface area contributed by atoms with Crippen LogP contribution in [0.15, 0.2) is 88.9 Å². The molecule has 1 N–H and O–H groups in total. The first kappa shape index (κ1) is 27.4. The van der Waals surface area contributed by atoms with Crippen LogP contribution in [0.5, 0.6) is 0 Å². The average Bonchev–Trinajstić information content (AvgIpc) is 3.17. The van der Waals surface area contributed by atoms with Gasteiger partial charge in [-0.05, 0) is 68.8 Å². The van der Waals surface area contributed by atoms with Gasteiger partial charge in [0, 0.05) is 22.0 Å². The van der Waals surface area contributed by atoms with Crippen molar-refractivity contribution in [2.75, 3.05) is 10.8 Å². The van der Waals surface area contributed by atoms with Gasteiger partial charge in [0.2, 0.25) is 0 Å². The third kappa shape index (κ3) is 5.62. The van der Waals surface area contributed by atoms with E-state index in [1.165, 1.54) is 18.3 Å². The molecule has 4 rings (SSSR count). The summed E-state index contributed by atoms with van der Waals surface area (Å²) in [5.74, 6) is -0.611. The van der Waals surface area contributed by atoms with Gasteiger partial charge in [-0.25, -0.2) is 13.8 Å². The van der Waals surface area contributed by atoms with Gasteiger partial charge >= 0.3 is 0 Å². The van der Waals surface area contributed by atoms with Gasteiger partial charge in [0.05, 0.1) is 27.5 Å². The van der Waals surface area contributed by atoms with Gasteiger partial charge in [0.1, 0.15) is 6.54 Å². The first-order valence-corrected chi connectivity index (χ1v) is 13.9. The molecule has 3 aromatic carbocycles. The van der Waals surface area contributed by atoms with Crippen LogP contribution >= 0.6 is 23.2 Å². The Bertz CT molecular complexity index is 1620. The zero-order valence-corrected chi connectivity index (χ0v) is 23.3. The number of carbonyl (C=O) groups excluding carboxylic acids is 1. The van der Waals surface area contributed by atoms with Crippen molar-refractivity contribution in [1.29, 1.82) is 0 Å². The molecule has 1 aromatic heterocycles. The van der Waals surface area contributed by atoms with Crippen LogP contribution in [-0.4, -0.2) is 31.7 Å². The Kier molecular flexibility index (Phi) is 8.26. The van der Waals surface area contributed by atoms with Crippen LogP contribution in [0.1, 0.15) is 22.5 Å². The predicted molar refractivity (Wildman–Crippen MR) is 153 cm³/mol. The van der Waals surface area contributed by atoms with E-state index in [1.807, 2.05) is 48.7 Å². The highest BCUT2D eigenvalue weighted by Crippen LogP contribution is 2.31. The van der Waals surface area contributed by atoms with Crippen molar-refractivity contribution in [3.05, 3.63) is 111 Å². The molecule has 0 aliphatic rings. The van der Waals surface area contributed by atoms with E-state index in [0.717, 1.165) is 26.9 Å². The number of para-hydroxylation sites is 1. The number of aryl methyl sites for hydroxylation is 1. The molecule has 7 nitrogen and oxygen atoms in total. The lowest BCUT2D eigenvalue weighted by Gasteiger charge is -2.25. The highest BCUT2D eigenvalue weighted by molar-refractivity contribution is 7.92. The summed E-state index contributed by atoms with van der Waals surface area (Å²) in [6.45, 7) is 5.09. The molecule has 0 unspecified atom stereocenters. The maximum absolute atomic E-state index is 13.5. The quantitative estimate of drug-likeness (QED) is 0.207. The summed E-state index contributed by atoms with van der Waals surface area (Å²) >= 11 is 12.7. The van der Waals surface area contributed by atoms with E-state index in [4.69, 9.17) is 23.2 Å². The van der Waals surface area contributed by atoms with Crippen LogP contribution in [-0.2, 0) is 14.8 Å². The van der Waals surface area contributed by atoms with Crippen molar-refractivity contribution in [2.24, 2.45) is 5.10 Å². The Labute approximate surface area is 232 Å². The molecule has 10 heteroatoms. The summed E-state index contributed by atoms with van der Waals surface area (Å²) < 4.78 is 30.1. The number of hydrogen-bond acceptors (Lipinski definition) is 4. The lowest BCUT2D eigenvalue weighted by Crippen LogP contribution is -2.40. The van der Waals surface area contributed by atoms with E-state index in [1.54, 1.807) is 43.3 Å². The Balaban J connectivity index is 1.58. The summed E-state index contributed by atoms with van der Waals surface area (Å²) in [6, 6.07) is 22.3. The fraction of sp³-hybridized carbons (Fsp3) is 0.143. The molecule has 0 radical (unpaired) electrons. The van der Waals surface area contributed by atoms with Gasteiger partial charge < -0.3 is 4.57 Å². The van der Waals surface area contributed by atoms with Crippen molar-refractivity contribution in [2.45, 2.75) is 25.7 Å². The Morgan fingerprint density at radius 1 is 0.947 bits per heavy atom. The van der Waals surface area contributed by atoms with Gasteiger partial charge in [-0.15, -0.1) is 0 Å². The van der Waals surface area contributed by atoms with E-state index in [-0.39, 0.29) is 4.90 Å². The van der Waals surface area contributed by atoms with Crippen molar-refractivity contribution in [3.63, 3.8) is 0 Å². The summed E-state index contributed by atoms with van der Waals surface area (Å²) in [6.07, 6.45) is 1.52. The number of hydrazone groups is 1. The lowest BCUT2D eigenvalue weighted by atomic mass is 10.2. The number of aromatic nitrogens is 1. The SMILES string of the molecule is Cc1c(Cl)cccc1N(CC(=O)N/N=C\c1cc(C)n(-c2ccccc2Cl)c1C)S(=O)(=O)c1ccccc1. The van der Waals surface area contributed by atoms with Crippen LogP contribution in [0, 0.1) is 20.8 Å². The van der Waals surface area contributed by atoms with Gasteiger partial charge in [-0.1, -0.05) is 59.6 Å². The molecule has 4 aromatic rings. The lowest BCUT2D eigenvalue weighted by molar-refractivity contribution is -0.119. The fourth-order valence-electron chi connectivity index (χ4n) is 4.15. The molecule has 0 aliphatic carbocycles.